The summed E-state index contributed by atoms with van der Waals surface area (Å²) in [5.41, 5.74) is 0.302. The minimum Gasteiger partial charge on any atom is -0.493 e. The van der Waals surface area contributed by atoms with Crippen LogP contribution in [0, 0.1) is 12.7 Å². The quantitative estimate of drug-likeness (QED) is 0.852. The first kappa shape index (κ1) is 11.2. The number of halogens is 1. The highest BCUT2D eigenvalue weighted by Gasteiger charge is 2.34. The SMILES string of the molecule is COc1cc(C)c(F)cc1OC1(C)CNC1. The molecule has 0 aliphatic carbocycles. The highest BCUT2D eigenvalue weighted by Crippen LogP contribution is 2.33. The van der Waals surface area contributed by atoms with Gasteiger partial charge in [0.1, 0.15) is 11.4 Å². The van der Waals surface area contributed by atoms with Gasteiger partial charge >= 0.3 is 0 Å². The van der Waals surface area contributed by atoms with Gasteiger partial charge in [-0.25, -0.2) is 4.39 Å². The maximum atomic E-state index is 13.4. The highest BCUT2D eigenvalue weighted by atomic mass is 19.1. The average Bonchev–Trinajstić information content (AvgIpc) is 2.21. The van der Waals surface area contributed by atoms with Crippen LogP contribution in [0.3, 0.4) is 0 Å². The van der Waals surface area contributed by atoms with E-state index in [0.717, 1.165) is 13.1 Å². The van der Waals surface area contributed by atoms with Crippen LogP contribution in [0.4, 0.5) is 4.39 Å². The van der Waals surface area contributed by atoms with Crippen LogP contribution >= 0.6 is 0 Å². The van der Waals surface area contributed by atoms with E-state index in [1.807, 2.05) is 6.92 Å². The van der Waals surface area contributed by atoms with E-state index in [4.69, 9.17) is 9.47 Å². The van der Waals surface area contributed by atoms with Crippen molar-refractivity contribution < 1.29 is 13.9 Å². The molecule has 88 valence electrons. The molecule has 1 heterocycles. The number of ether oxygens (including phenoxy) is 2. The van der Waals surface area contributed by atoms with Gasteiger partial charge < -0.3 is 14.8 Å². The fraction of sp³-hybridized carbons (Fsp3) is 0.500. The summed E-state index contributed by atoms with van der Waals surface area (Å²) in [5.74, 6) is 0.772. The van der Waals surface area contributed by atoms with Crippen molar-refractivity contribution in [3.63, 3.8) is 0 Å². The number of benzene rings is 1. The molecule has 0 amide bonds. The highest BCUT2D eigenvalue weighted by molar-refractivity contribution is 5.44. The van der Waals surface area contributed by atoms with Crippen LogP contribution in [0.1, 0.15) is 12.5 Å². The van der Waals surface area contributed by atoms with Gasteiger partial charge in [-0.15, -0.1) is 0 Å². The van der Waals surface area contributed by atoms with Crippen LogP contribution in [0.25, 0.3) is 0 Å². The molecule has 0 aromatic heterocycles. The lowest BCUT2D eigenvalue weighted by atomic mass is 10.00. The first-order chi connectivity index (χ1) is 7.54. The minimum absolute atomic E-state index is 0.255. The Bertz CT molecular complexity index is 402. The predicted octanol–water partition coefficient (Wildman–Crippen LogP) is 1.88. The second-order valence-corrected chi connectivity index (χ2v) is 4.41. The Balaban J connectivity index is 2.28. The van der Waals surface area contributed by atoms with Gasteiger partial charge in [-0.3, -0.25) is 0 Å². The monoisotopic (exact) mass is 225 g/mol. The van der Waals surface area contributed by atoms with Gasteiger partial charge in [0.2, 0.25) is 0 Å². The van der Waals surface area contributed by atoms with Gasteiger partial charge in [0.15, 0.2) is 11.5 Å². The van der Waals surface area contributed by atoms with Crippen LogP contribution in [0.2, 0.25) is 0 Å². The Morgan fingerprint density at radius 1 is 1.31 bits per heavy atom. The molecule has 1 N–H and O–H groups in total. The van der Waals surface area contributed by atoms with Gasteiger partial charge in [0.25, 0.3) is 0 Å². The number of methoxy groups -OCH3 is 1. The molecule has 4 heteroatoms. The second kappa shape index (κ2) is 3.94. The van der Waals surface area contributed by atoms with Crippen molar-refractivity contribution in [1.29, 1.82) is 0 Å². The molecule has 0 unspecified atom stereocenters. The third-order valence-corrected chi connectivity index (χ3v) is 2.80. The first-order valence-corrected chi connectivity index (χ1v) is 5.28. The molecule has 1 aliphatic heterocycles. The van der Waals surface area contributed by atoms with Crippen molar-refractivity contribution >= 4 is 0 Å². The molecular weight excluding hydrogens is 209 g/mol. The molecule has 1 aromatic carbocycles. The summed E-state index contributed by atoms with van der Waals surface area (Å²) in [7, 11) is 1.56. The molecule has 0 atom stereocenters. The maximum absolute atomic E-state index is 13.4. The number of hydrogen-bond donors (Lipinski definition) is 1. The van der Waals surface area contributed by atoms with Gasteiger partial charge in [0, 0.05) is 19.2 Å². The summed E-state index contributed by atoms with van der Waals surface area (Å²) in [5, 5.41) is 3.13. The number of nitrogens with one attached hydrogen (secondary N) is 1. The molecule has 0 radical (unpaired) electrons. The van der Waals surface area contributed by atoms with E-state index < -0.39 is 0 Å². The average molecular weight is 225 g/mol. The molecule has 1 aliphatic rings. The number of rotatable bonds is 3. The van der Waals surface area contributed by atoms with Crippen LogP contribution in [0.15, 0.2) is 12.1 Å². The summed E-state index contributed by atoms with van der Waals surface area (Å²) < 4.78 is 24.4. The number of aryl methyl sites for hydroxylation is 1. The first-order valence-electron chi connectivity index (χ1n) is 5.28. The van der Waals surface area contributed by atoms with E-state index in [9.17, 15) is 4.39 Å². The molecule has 1 aromatic rings. The maximum Gasteiger partial charge on any atom is 0.165 e. The minimum atomic E-state index is -0.272. The Morgan fingerprint density at radius 2 is 2.00 bits per heavy atom. The lowest BCUT2D eigenvalue weighted by Gasteiger charge is -2.39. The normalized spacial score (nSPS) is 17.8. The van der Waals surface area contributed by atoms with Crippen molar-refractivity contribution in [2.45, 2.75) is 19.4 Å². The molecular formula is C12H16FNO2. The summed E-state index contributed by atoms with van der Waals surface area (Å²) in [6.07, 6.45) is 0. The third-order valence-electron chi connectivity index (χ3n) is 2.80. The van der Waals surface area contributed by atoms with Gasteiger partial charge in [0.05, 0.1) is 7.11 Å². The van der Waals surface area contributed by atoms with Crippen LogP contribution < -0.4 is 14.8 Å². The fourth-order valence-electron chi connectivity index (χ4n) is 1.69. The molecule has 0 saturated carbocycles. The van der Waals surface area contributed by atoms with E-state index in [-0.39, 0.29) is 11.4 Å². The van der Waals surface area contributed by atoms with Gasteiger partial charge in [-0.05, 0) is 25.5 Å². The van der Waals surface area contributed by atoms with Gasteiger partial charge in [-0.2, -0.15) is 0 Å². The molecule has 0 spiro atoms. The molecule has 1 saturated heterocycles. The Hall–Kier alpha value is -1.29. The topological polar surface area (TPSA) is 30.5 Å². The zero-order valence-electron chi connectivity index (χ0n) is 9.76. The van der Waals surface area contributed by atoms with Crippen molar-refractivity contribution in [3.05, 3.63) is 23.5 Å². The van der Waals surface area contributed by atoms with E-state index in [0.29, 0.717) is 17.1 Å². The zero-order valence-corrected chi connectivity index (χ0v) is 9.76. The summed E-state index contributed by atoms with van der Waals surface area (Å²) >= 11 is 0. The largest absolute Gasteiger partial charge is 0.493 e. The van der Waals surface area contributed by atoms with Crippen LogP contribution in [-0.2, 0) is 0 Å². The Morgan fingerprint density at radius 3 is 2.50 bits per heavy atom. The zero-order chi connectivity index (χ0) is 11.8. The van der Waals surface area contributed by atoms with Crippen molar-refractivity contribution in [2.24, 2.45) is 0 Å². The lowest BCUT2D eigenvalue weighted by Crippen LogP contribution is -2.61. The molecule has 2 rings (SSSR count). The van der Waals surface area contributed by atoms with Crippen LogP contribution in [0.5, 0.6) is 11.5 Å². The van der Waals surface area contributed by atoms with E-state index in [1.54, 1.807) is 20.1 Å². The van der Waals surface area contributed by atoms with E-state index >= 15 is 0 Å². The van der Waals surface area contributed by atoms with Crippen molar-refractivity contribution in [3.8, 4) is 11.5 Å². The van der Waals surface area contributed by atoms with Gasteiger partial charge in [-0.1, -0.05) is 0 Å². The smallest absolute Gasteiger partial charge is 0.165 e. The summed E-state index contributed by atoms with van der Waals surface area (Å²) in [6.45, 7) is 5.23. The third kappa shape index (κ3) is 1.97. The predicted molar refractivity (Wildman–Crippen MR) is 59.6 cm³/mol. The Kier molecular flexibility index (Phi) is 2.76. The molecule has 0 bridgehead atoms. The summed E-state index contributed by atoms with van der Waals surface area (Å²) in [6, 6.07) is 3.04. The summed E-state index contributed by atoms with van der Waals surface area (Å²) in [4.78, 5) is 0. The number of hydrogen-bond acceptors (Lipinski definition) is 3. The molecule has 1 fully saturated rings. The molecule has 16 heavy (non-hydrogen) atoms. The van der Waals surface area contributed by atoms with Crippen molar-refractivity contribution in [2.75, 3.05) is 20.2 Å². The van der Waals surface area contributed by atoms with Crippen molar-refractivity contribution in [1.82, 2.24) is 5.32 Å². The standard InChI is InChI=1S/C12H16FNO2/c1-8-4-10(15-3)11(5-9(8)13)16-12(2)6-14-7-12/h4-5,14H,6-7H2,1-3H3. The van der Waals surface area contributed by atoms with E-state index in [1.165, 1.54) is 6.07 Å². The Labute approximate surface area is 94.6 Å². The lowest BCUT2D eigenvalue weighted by molar-refractivity contribution is 0.0320. The second-order valence-electron chi connectivity index (χ2n) is 4.41. The van der Waals surface area contributed by atoms with Crippen LogP contribution in [-0.4, -0.2) is 25.8 Å². The van der Waals surface area contributed by atoms with E-state index in [2.05, 4.69) is 5.32 Å². The fourth-order valence-corrected chi connectivity index (χ4v) is 1.69. The molecule has 3 nitrogen and oxygen atoms in total.